The molecular weight excluding hydrogens is 629 g/mol. The summed E-state index contributed by atoms with van der Waals surface area (Å²) in [7, 11) is -9.00. The van der Waals surface area contributed by atoms with Crippen LogP contribution in [0.2, 0.25) is 0 Å². The van der Waals surface area contributed by atoms with Gasteiger partial charge < -0.3 is 20.6 Å². The lowest BCUT2D eigenvalue weighted by molar-refractivity contribution is -0.459. The van der Waals surface area contributed by atoms with Gasteiger partial charge in [0.25, 0.3) is 0 Å². The number of nitrogens with zero attached hydrogens (tertiary/aromatic N) is 4. The largest absolute Gasteiger partial charge is 0.744 e. The Balaban J connectivity index is 0.000000691. The van der Waals surface area contributed by atoms with Crippen LogP contribution in [0.15, 0.2) is 82.6 Å². The van der Waals surface area contributed by atoms with Crippen LogP contribution in [0.5, 0.6) is 0 Å². The first-order valence-electron chi connectivity index (χ1n) is 13.2. The minimum absolute atomic E-state index is 0.00187. The molecule has 0 aliphatic heterocycles. The average Bonchev–Trinajstić information content (AvgIpc) is 2.93. The third-order valence-corrected chi connectivity index (χ3v) is 6.23. The molecule has 0 aliphatic carbocycles. The molecule has 0 heterocycles. The Morgan fingerprint density at radius 1 is 0.522 bits per heavy atom. The van der Waals surface area contributed by atoms with Gasteiger partial charge in [-0.2, -0.15) is 21.0 Å². The zero-order chi connectivity index (χ0) is 35.9. The predicted octanol–water partition coefficient (Wildman–Crippen LogP) is 1.30. The molecule has 6 N–H and O–H groups in total. The molecule has 0 saturated heterocycles. The molecule has 0 fully saturated rings. The highest BCUT2D eigenvalue weighted by Crippen LogP contribution is 2.22. The fraction of sp³-hybridized carbons (Fsp3) is 0.250. The Kier molecular flexibility index (Phi) is 15.7. The molecule has 0 bridgehead atoms. The van der Waals surface area contributed by atoms with Crippen LogP contribution >= 0.6 is 0 Å². The minimum atomic E-state index is -4.50. The van der Waals surface area contributed by atoms with Gasteiger partial charge in [0.05, 0.1) is 20.9 Å². The Morgan fingerprint density at radius 3 is 0.870 bits per heavy atom. The van der Waals surface area contributed by atoms with Crippen LogP contribution in [0.3, 0.4) is 0 Å². The molecule has 12 nitrogen and oxygen atoms in total. The van der Waals surface area contributed by atoms with Crippen molar-refractivity contribution in [2.75, 3.05) is 0 Å². The first-order chi connectivity index (χ1) is 20.9. The van der Waals surface area contributed by atoms with Crippen LogP contribution in [0.25, 0.3) is 22.3 Å². The number of quaternary nitrogens is 2. The summed E-state index contributed by atoms with van der Waals surface area (Å²) in [5.41, 5.74) is 9.23. The molecule has 0 saturated carbocycles. The summed E-state index contributed by atoms with van der Waals surface area (Å²) >= 11 is 0. The lowest BCUT2D eigenvalue weighted by Crippen LogP contribution is -2.67. The SMILES string of the molecule is CC(C)(C)[NH3+].CC(C)(C)[NH3+].N#CC(C#N)=c1ccc(=C(C#N)C#N)cc1.O=S(=O)([O-])c1ccc(-c2ccc(S(=O)(=O)[O-])cc2)cc1. The first-order valence-corrected chi connectivity index (χ1v) is 16.0. The maximum Gasteiger partial charge on any atom is 0.136 e. The molecule has 0 radical (unpaired) electrons. The van der Waals surface area contributed by atoms with Crippen LogP contribution in [0.1, 0.15) is 41.5 Å². The van der Waals surface area contributed by atoms with Crippen molar-refractivity contribution in [1.29, 1.82) is 21.0 Å². The van der Waals surface area contributed by atoms with E-state index in [2.05, 4.69) is 53.0 Å². The summed E-state index contributed by atoms with van der Waals surface area (Å²) in [6.45, 7) is 12.5. The van der Waals surface area contributed by atoms with E-state index in [1.807, 2.05) is 0 Å². The highest BCUT2D eigenvalue weighted by molar-refractivity contribution is 7.86. The molecule has 0 aromatic heterocycles. The van der Waals surface area contributed by atoms with Gasteiger partial charge in [-0.25, -0.2) is 16.8 Å². The van der Waals surface area contributed by atoms with Crippen molar-refractivity contribution < 1.29 is 37.4 Å². The van der Waals surface area contributed by atoms with Crippen molar-refractivity contribution in [2.45, 2.75) is 62.4 Å². The van der Waals surface area contributed by atoms with Crippen molar-refractivity contribution in [3.8, 4) is 35.4 Å². The third-order valence-electron chi connectivity index (χ3n) is 4.53. The van der Waals surface area contributed by atoms with Gasteiger partial charge in [0.15, 0.2) is 0 Å². The zero-order valence-corrected chi connectivity index (χ0v) is 28.0. The molecule has 46 heavy (non-hydrogen) atoms. The van der Waals surface area contributed by atoms with Gasteiger partial charge >= 0.3 is 0 Å². The molecule has 0 atom stereocenters. The van der Waals surface area contributed by atoms with Crippen molar-refractivity contribution in [1.82, 2.24) is 0 Å². The number of hydrogen-bond acceptors (Lipinski definition) is 10. The molecule has 242 valence electrons. The van der Waals surface area contributed by atoms with E-state index < -0.39 is 20.2 Å². The van der Waals surface area contributed by atoms with Crippen LogP contribution in [0.4, 0.5) is 0 Å². The summed E-state index contributed by atoms with van der Waals surface area (Å²) in [5.74, 6) is 0. The van der Waals surface area contributed by atoms with Gasteiger partial charge in [0, 0.05) is 10.4 Å². The summed E-state index contributed by atoms with van der Waals surface area (Å²) in [6.07, 6.45) is 0. The van der Waals surface area contributed by atoms with Crippen molar-refractivity contribution in [3.63, 3.8) is 0 Å². The normalized spacial score (nSPS) is 10.7. The van der Waals surface area contributed by atoms with E-state index >= 15 is 0 Å². The zero-order valence-electron chi connectivity index (χ0n) is 26.4. The van der Waals surface area contributed by atoms with Crippen LogP contribution in [-0.2, 0) is 20.2 Å². The smallest absolute Gasteiger partial charge is 0.136 e. The van der Waals surface area contributed by atoms with Crippen molar-refractivity contribution in [2.24, 2.45) is 0 Å². The first kappa shape index (κ1) is 41.1. The fourth-order valence-electron chi connectivity index (χ4n) is 2.74. The standard InChI is InChI=1S/C12H4N4.C12H10O6S2.2C4H11N/c13-5-11(6-14)9-1-2-10(4-3-9)12(7-15)8-16;13-19(14,15)11-5-1-9(2-6-11)10-3-7-12(8-4-10)20(16,17)18;2*1-4(2,3)5/h1-4H;1-8H,(H,13,14,15)(H,16,17,18);2*5H2,1-3H3. The molecule has 0 aliphatic rings. The number of hydrogen-bond donors (Lipinski definition) is 2. The van der Waals surface area contributed by atoms with Gasteiger partial charge in [-0.1, -0.05) is 48.5 Å². The van der Waals surface area contributed by atoms with E-state index in [-0.39, 0.29) is 32.0 Å². The molecule has 3 aromatic carbocycles. The van der Waals surface area contributed by atoms with Crippen LogP contribution in [0, 0.1) is 45.3 Å². The Hall–Kier alpha value is -4.90. The molecular formula is C32H36N6O6S2. The highest BCUT2D eigenvalue weighted by atomic mass is 32.2. The van der Waals surface area contributed by atoms with Crippen LogP contribution < -0.4 is 21.9 Å². The quantitative estimate of drug-likeness (QED) is 0.379. The molecule has 0 spiro atoms. The van der Waals surface area contributed by atoms with Gasteiger partial charge in [0.2, 0.25) is 0 Å². The summed E-state index contributed by atoms with van der Waals surface area (Å²) < 4.78 is 64.7. The third kappa shape index (κ3) is 17.4. The Bertz CT molecular complexity index is 1790. The van der Waals surface area contributed by atoms with Gasteiger partial charge in [-0.05, 0) is 76.9 Å². The second kappa shape index (κ2) is 17.6. The number of benzene rings is 3. The minimum Gasteiger partial charge on any atom is -0.744 e. The van der Waals surface area contributed by atoms with Gasteiger partial charge in [-0.3, -0.25) is 0 Å². The lowest BCUT2D eigenvalue weighted by atomic mass is 10.1. The Morgan fingerprint density at radius 2 is 0.717 bits per heavy atom. The van der Waals surface area contributed by atoms with Gasteiger partial charge in [-0.15, -0.1) is 0 Å². The van der Waals surface area contributed by atoms with Gasteiger partial charge in [0.1, 0.15) is 55.7 Å². The topological polar surface area (TPSA) is 265 Å². The van der Waals surface area contributed by atoms with E-state index in [9.17, 15) is 25.9 Å². The van der Waals surface area contributed by atoms with Crippen LogP contribution in [-0.4, -0.2) is 37.0 Å². The fourth-order valence-corrected chi connectivity index (χ4v) is 3.68. The number of rotatable bonds is 3. The maximum absolute atomic E-state index is 10.8. The second-order valence-electron chi connectivity index (χ2n) is 11.9. The summed E-state index contributed by atoms with van der Waals surface area (Å²) in [6, 6.07) is 23.5. The molecule has 0 amide bonds. The average molecular weight is 665 g/mol. The van der Waals surface area contributed by atoms with E-state index in [4.69, 9.17) is 21.0 Å². The monoisotopic (exact) mass is 664 g/mol. The molecule has 3 aromatic rings. The molecule has 14 heteroatoms. The summed E-state index contributed by atoms with van der Waals surface area (Å²) in [5, 5.41) is 35.5. The van der Waals surface area contributed by atoms with E-state index in [0.29, 0.717) is 21.6 Å². The maximum atomic E-state index is 10.8. The van der Waals surface area contributed by atoms with E-state index in [1.54, 1.807) is 24.3 Å². The van der Waals surface area contributed by atoms with E-state index in [1.165, 1.54) is 48.5 Å². The molecule has 0 unspecified atom stereocenters. The van der Waals surface area contributed by atoms with Crippen molar-refractivity contribution >= 4 is 31.4 Å². The highest BCUT2D eigenvalue weighted by Gasteiger charge is 2.05. The molecule has 3 rings (SSSR count). The van der Waals surface area contributed by atoms with Crippen molar-refractivity contribution in [3.05, 3.63) is 83.2 Å². The Labute approximate surface area is 270 Å². The lowest BCUT2D eigenvalue weighted by Gasteiger charge is -2.09. The second-order valence-corrected chi connectivity index (χ2v) is 14.6. The number of nitriles is 4. The predicted molar refractivity (Wildman–Crippen MR) is 168 cm³/mol. The van der Waals surface area contributed by atoms with E-state index in [0.717, 1.165) is 24.3 Å². The summed E-state index contributed by atoms with van der Waals surface area (Å²) in [4.78, 5) is -0.694.